The van der Waals surface area contributed by atoms with Crippen LogP contribution in [0.4, 0.5) is 0 Å². The molecule has 1 N–H and O–H groups in total. The van der Waals surface area contributed by atoms with Crippen molar-refractivity contribution in [3.63, 3.8) is 0 Å². The van der Waals surface area contributed by atoms with Crippen LogP contribution in [0.2, 0.25) is 0 Å². The van der Waals surface area contributed by atoms with E-state index in [1.165, 1.54) is 30.8 Å². The Morgan fingerprint density at radius 3 is 3.08 bits per heavy atom. The Balaban J connectivity index is 1.90. The highest BCUT2D eigenvalue weighted by atomic mass is 15.1. The molecule has 1 aromatic heterocycles. The first-order valence-corrected chi connectivity index (χ1v) is 5.20. The van der Waals surface area contributed by atoms with Gasteiger partial charge in [0.05, 0.1) is 12.2 Å². The molecule has 70 valence electrons. The number of imidazole rings is 1. The van der Waals surface area contributed by atoms with Crippen molar-refractivity contribution in [3.05, 3.63) is 17.7 Å². The van der Waals surface area contributed by atoms with E-state index >= 15 is 0 Å². The molecule has 0 spiro atoms. The maximum Gasteiger partial charge on any atom is 0.123 e. The van der Waals surface area contributed by atoms with Crippen LogP contribution in [0.25, 0.3) is 0 Å². The molecule has 1 aliphatic carbocycles. The Morgan fingerprint density at radius 2 is 2.38 bits per heavy atom. The molecule has 0 saturated heterocycles. The normalized spacial score (nSPS) is 22.5. The fourth-order valence-corrected chi connectivity index (χ4v) is 2.11. The van der Waals surface area contributed by atoms with Crippen LogP contribution >= 0.6 is 0 Å². The molecule has 3 heteroatoms. The minimum Gasteiger partial charge on any atom is -0.332 e. The second-order valence-electron chi connectivity index (χ2n) is 4.08. The van der Waals surface area contributed by atoms with E-state index in [0.717, 1.165) is 25.6 Å². The molecule has 2 heterocycles. The molecule has 0 amide bonds. The van der Waals surface area contributed by atoms with Gasteiger partial charge in [-0.15, -0.1) is 0 Å². The van der Waals surface area contributed by atoms with Crippen LogP contribution in [-0.2, 0) is 13.1 Å². The Hall–Kier alpha value is -0.830. The van der Waals surface area contributed by atoms with Crippen molar-refractivity contribution in [2.24, 2.45) is 0 Å². The first kappa shape index (κ1) is 7.56. The van der Waals surface area contributed by atoms with Gasteiger partial charge in [0.25, 0.3) is 0 Å². The summed E-state index contributed by atoms with van der Waals surface area (Å²) in [6, 6.07) is 0. The fourth-order valence-electron chi connectivity index (χ4n) is 2.11. The number of hydrogen-bond donors (Lipinski definition) is 1. The number of rotatable bonds is 1. The molecule has 1 fully saturated rings. The lowest BCUT2D eigenvalue weighted by Gasteiger charge is -2.22. The summed E-state index contributed by atoms with van der Waals surface area (Å²) in [4.78, 5) is 4.67. The molecule has 1 saturated carbocycles. The molecular formula is C10H15N3. The minimum atomic E-state index is 0.776. The highest BCUT2D eigenvalue weighted by molar-refractivity contribution is 5.13. The quantitative estimate of drug-likeness (QED) is 0.699. The lowest BCUT2D eigenvalue weighted by atomic mass is 9.83. The summed E-state index contributed by atoms with van der Waals surface area (Å²) in [6.45, 7) is 3.13. The average Bonchev–Trinajstić information content (AvgIpc) is 2.43. The lowest BCUT2D eigenvalue weighted by Crippen LogP contribution is -2.27. The molecule has 3 rings (SSSR count). The Morgan fingerprint density at radius 1 is 1.46 bits per heavy atom. The van der Waals surface area contributed by atoms with E-state index in [0.29, 0.717) is 0 Å². The topological polar surface area (TPSA) is 29.9 Å². The molecule has 0 radical (unpaired) electrons. The number of hydrogen-bond acceptors (Lipinski definition) is 2. The van der Waals surface area contributed by atoms with E-state index in [4.69, 9.17) is 0 Å². The van der Waals surface area contributed by atoms with Crippen molar-refractivity contribution in [3.8, 4) is 0 Å². The predicted molar refractivity (Wildman–Crippen MR) is 50.5 cm³/mol. The van der Waals surface area contributed by atoms with Gasteiger partial charge in [-0.3, -0.25) is 0 Å². The van der Waals surface area contributed by atoms with E-state index < -0.39 is 0 Å². The average molecular weight is 177 g/mol. The zero-order chi connectivity index (χ0) is 8.67. The largest absolute Gasteiger partial charge is 0.332 e. The summed E-state index contributed by atoms with van der Waals surface area (Å²) in [5.74, 6) is 2.01. The van der Waals surface area contributed by atoms with Crippen LogP contribution in [0.5, 0.6) is 0 Å². The molecule has 0 bridgehead atoms. The molecule has 3 nitrogen and oxygen atoms in total. The molecule has 0 unspecified atom stereocenters. The third-order valence-corrected chi connectivity index (χ3v) is 3.21. The Kier molecular flexibility index (Phi) is 1.65. The van der Waals surface area contributed by atoms with Crippen LogP contribution in [0.3, 0.4) is 0 Å². The monoisotopic (exact) mass is 177 g/mol. The molecule has 0 atom stereocenters. The number of fused-ring (bicyclic) bond motifs is 1. The second kappa shape index (κ2) is 2.84. The van der Waals surface area contributed by atoms with Gasteiger partial charge in [0, 0.05) is 25.2 Å². The molecule has 1 aromatic rings. The molecule has 2 aliphatic rings. The van der Waals surface area contributed by atoms with Gasteiger partial charge in [0.15, 0.2) is 0 Å². The first-order chi connectivity index (χ1) is 6.43. The lowest BCUT2D eigenvalue weighted by molar-refractivity contribution is 0.412. The number of nitrogens with zero attached hydrogens (tertiary/aromatic N) is 2. The van der Waals surface area contributed by atoms with E-state index in [2.05, 4.69) is 21.1 Å². The SMILES string of the molecule is c1c(C2CCC2)nc2n1CCNC2. The third-order valence-electron chi connectivity index (χ3n) is 3.21. The van der Waals surface area contributed by atoms with Gasteiger partial charge in [-0.1, -0.05) is 6.42 Å². The minimum absolute atomic E-state index is 0.776. The zero-order valence-corrected chi connectivity index (χ0v) is 7.79. The Labute approximate surface area is 78.2 Å². The van der Waals surface area contributed by atoms with Gasteiger partial charge in [-0.2, -0.15) is 0 Å². The molecule has 0 aromatic carbocycles. The Bertz CT molecular complexity index is 288. The van der Waals surface area contributed by atoms with Gasteiger partial charge in [0.1, 0.15) is 5.82 Å². The van der Waals surface area contributed by atoms with Gasteiger partial charge < -0.3 is 9.88 Å². The van der Waals surface area contributed by atoms with Crippen molar-refractivity contribution in [2.45, 2.75) is 38.3 Å². The van der Waals surface area contributed by atoms with Gasteiger partial charge >= 0.3 is 0 Å². The standard InChI is InChI=1S/C10H15N3/c1-2-8(3-1)9-7-13-5-4-11-6-10(13)12-9/h7-8,11H,1-6H2. The maximum atomic E-state index is 4.67. The summed E-state index contributed by atoms with van der Waals surface area (Å²) >= 11 is 0. The van der Waals surface area contributed by atoms with Crippen LogP contribution in [-0.4, -0.2) is 16.1 Å². The summed E-state index contributed by atoms with van der Waals surface area (Å²) in [6.07, 6.45) is 6.36. The molecule has 1 aliphatic heterocycles. The first-order valence-electron chi connectivity index (χ1n) is 5.20. The highest BCUT2D eigenvalue weighted by Crippen LogP contribution is 2.35. The van der Waals surface area contributed by atoms with Crippen molar-refractivity contribution >= 4 is 0 Å². The van der Waals surface area contributed by atoms with Gasteiger partial charge in [0.2, 0.25) is 0 Å². The second-order valence-corrected chi connectivity index (χ2v) is 4.08. The summed E-state index contributed by atoms with van der Waals surface area (Å²) in [7, 11) is 0. The molecular weight excluding hydrogens is 162 g/mol. The fraction of sp³-hybridized carbons (Fsp3) is 0.700. The summed E-state index contributed by atoms with van der Waals surface area (Å²) in [5.41, 5.74) is 1.34. The van der Waals surface area contributed by atoms with Crippen LogP contribution in [0, 0.1) is 0 Å². The number of aromatic nitrogens is 2. The van der Waals surface area contributed by atoms with Crippen LogP contribution in [0.15, 0.2) is 6.20 Å². The summed E-state index contributed by atoms with van der Waals surface area (Å²) < 4.78 is 2.31. The van der Waals surface area contributed by atoms with E-state index in [1.807, 2.05) is 0 Å². The van der Waals surface area contributed by atoms with Crippen LogP contribution < -0.4 is 5.32 Å². The smallest absolute Gasteiger partial charge is 0.123 e. The van der Waals surface area contributed by atoms with Crippen molar-refractivity contribution in [1.29, 1.82) is 0 Å². The zero-order valence-electron chi connectivity index (χ0n) is 7.79. The van der Waals surface area contributed by atoms with Crippen molar-refractivity contribution in [2.75, 3.05) is 6.54 Å². The van der Waals surface area contributed by atoms with Crippen molar-refractivity contribution in [1.82, 2.24) is 14.9 Å². The van der Waals surface area contributed by atoms with E-state index in [1.54, 1.807) is 0 Å². The third kappa shape index (κ3) is 1.18. The van der Waals surface area contributed by atoms with E-state index in [9.17, 15) is 0 Å². The van der Waals surface area contributed by atoms with Crippen LogP contribution in [0.1, 0.15) is 36.7 Å². The van der Waals surface area contributed by atoms with Crippen molar-refractivity contribution < 1.29 is 0 Å². The number of nitrogens with one attached hydrogen (secondary N) is 1. The molecule has 13 heavy (non-hydrogen) atoms. The summed E-state index contributed by atoms with van der Waals surface area (Å²) in [5, 5.41) is 3.35. The van der Waals surface area contributed by atoms with Gasteiger partial charge in [-0.05, 0) is 12.8 Å². The highest BCUT2D eigenvalue weighted by Gasteiger charge is 2.23. The van der Waals surface area contributed by atoms with Gasteiger partial charge in [-0.25, -0.2) is 4.98 Å². The maximum absolute atomic E-state index is 4.67. The predicted octanol–water partition coefficient (Wildman–Crippen LogP) is 1.25. The van der Waals surface area contributed by atoms with E-state index in [-0.39, 0.29) is 0 Å².